The Bertz CT molecular complexity index is 1030. The Morgan fingerprint density at radius 1 is 1.09 bits per heavy atom. The molecule has 2 aromatic carbocycles. The van der Waals surface area contributed by atoms with E-state index >= 15 is 0 Å². The number of phenols is 1. The normalized spacial score (nSPS) is 13.2. The van der Waals surface area contributed by atoms with Crippen molar-refractivity contribution in [2.24, 2.45) is 0 Å². The number of rotatable bonds is 7. The lowest BCUT2D eigenvalue weighted by atomic mass is 10.1. The van der Waals surface area contributed by atoms with Crippen LogP contribution in [0.15, 0.2) is 36.4 Å². The number of para-hydroxylation sites is 1. The van der Waals surface area contributed by atoms with Gasteiger partial charge in [-0.1, -0.05) is 6.07 Å². The Balaban J connectivity index is 0.00000289. The number of nitro groups is 1. The van der Waals surface area contributed by atoms with E-state index < -0.39 is 22.3 Å². The topological polar surface area (TPSA) is 166 Å². The predicted molar refractivity (Wildman–Crippen MR) is 126 cm³/mol. The molecule has 1 saturated heterocycles. The van der Waals surface area contributed by atoms with E-state index in [9.17, 15) is 24.8 Å². The molecule has 0 aliphatic carbocycles. The van der Waals surface area contributed by atoms with E-state index in [0.717, 1.165) is 6.07 Å². The first kappa shape index (κ1) is 28.4. The summed E-state index contributed by atoms with van der Waals surface area (Å²) >= 11 is 0. The Kier molecular flexibility index (Phi) is 10.5. The number of piperazine rings is 1. The third-order valence-corrected chi connectivity index (χ3v) is 5.14. The SMILES string of the molecule is COc1ccc(C(=O)N2CCN(CC(=O)Nc3cccc([N+](=O)[O-])c3O)CC2)cc1OC.Cl.O. The molecule has 0 spiro atoms. The molecular formula is C21H27ClN4O8. The van der Waals surface area contributed by atoms with Crippen LogP contribution < -0.4 is 14.8 Å². The van der Waals surface area contributed by atoms with Crippen molar-refractivity contribution in [2.75, 3.05) is 52.3 Å². The van der Waals surface area contributed by atoms with Crippen LogP contribution in [0, 0.1) is 10.1 Å². The second-order valence-corrected chi connectivity index (χ2v) is 7.12. The Labute approximate surface area is 201 Å². The van der Waals surface area contributed by atoms with Gasteiger partial charge in [-0.3, -0.25) is 24.6 Å². The molecule has 3 rings (SSSR count). The van der Waals surface area contributed by atoms with Gasteiger partial charge in [0.15, 0.2) is 11.5 Å². The van der Waals surface area contributed by atoms with Gasteiger partial charge < -0.3 is 30.3 Å². The van der Waals surface area contributed by atoms with Crippen molar-refractivity contribution in [1.29, 1.82) is 0 Å². The first-order chi connectivity index (χ1) is 15.3. The van der Waals surface area contributed by atoms with Crippen molar-refractivity contribution in [3.63, 3.8) is 0 Å². The molecule has 1 aliphatic rings. The largest absolute Gasteiger partial charge is 0.501 e. The van der Waals surface area contributed by atoms with Gasteiger partial charge in [0.2, 0.25) is 11.7 Å². The van der Waals surface area contributed by atoms with Crippen molar-refractivity contribution in [3.05, 3.63) is 52.1 Å². The minimum absolute atomic E-state index is 0. The van der Waals surface area contributed by atoms with Crippen LogP contribution in [0.5, 0.6) is 17.2 Å². The van der Waals surface area contributed by atoms with Gasteiger partial charge in [0.1, 0.15) is 0 Å². The number of hydrogen-bond donors (Lipinski definition) is 2. The molecule has 186 valence electrons. The van der Waals surface area contributed by atoms with Crippen molar-refractivity contribution >= 4 is 35.6 Å². The zero-order chi connectivity index (χ0) is 23.3. The van der Waals surface area contributed by atoms with Gasteiger partial charge >= 0.3 is 5.69 Å². The number of hydrogen-bond acceptors (Lipinski definition) is 8. The zero-order valence-electron chi connectivity index (χ0n) is 18.6. The molecule has 1 fully saturated rings. The highest BCUT2D eigenvalue weighted by molar-refractivity contribution is 5.95. The predicted octanol–water partition coefficient (Wildman–Crippen LogP) is 1.31. The summed E-state index contributed by atoms with van der Waals surface area (Å²) in [6.07, 6.45) is 0. The average molecular weight is 499 g/mol. The van der Waals surface area contributed by atoms with Crippen LogP contribution in [0.3, 0.4) is 0 Å². The highest BCUT2D eigenvalue weighted by Gasteiger charge is 2.25. The molecule has 0 radical (unpaired) electrons. The fraction of sp³-hybridized carbons (Fsp3) is 0.333. The van der Waals surface area contributed by atoms with Crippen LogP contribution in [0.2, 0.25) is 0 Å². The summed E-state index contributed by atoms with van der Waals surface area (Å²) < 4.78 is 10.4. The lowest BCUT2D eigenvalue weighted by Crippen LogP contribution is -2.50. The number of nitrogens with one attached hydrogen (secondary N) is 1. The number of anilines is 1. The summed E-state index contributed by atoms with van der Waals surface area (Å²) in [7, 11) is 3.03. The van der Waals surface area contributed by atoms with Crippen LogP contribution in [-0.2, 0) is 4.79 Å². The molecule has 4 N–H and O–H groups in total. The van der Waals surface area contributed by atoms with Crippen molar-refractivity contribution in [2.45, 2.75) is 0 Å². The number of phenolic OH excluding ortho intramolecular Hbond substituents is 1. The van der Waals surface area contributed by atoms with Gasteiger partial charge in [-0.25, -0.2) is 0 Å². The number of benzene rings is 2. The number of amides is 2. The number of aromatic hydroxyl groups is 1. The van der Waals surface area contributed by atoms with Crippen LogP contribution in [0.4, 0.5) is 11.4 Å². The van der Waals surface area contributed by atoms with Crippen molar-refractivity contribution < 1.29 is 34.6 Å². The van der Waals surface area contributed by atoms with Gasteiger partial charge in [-0.05, 0) is 24.3 Å². The summed E-state index contributed by atoms with van der Waals surface area (Å²) in [5, 5.41) is 23.4. The fourth-order valence-electron chi connectivity index (χ4n) is 3.43. The van der Waals surface area contributed by atoms with Crippen molar-refractivity contribution in [1.82, 2.24) is 9.80 Å². The number of carbonyl (C=O) groups excluding carboxylic acids is 2. The number of nitro benzene ring substituents is 1. The molecule has 13 heteroatoms. The third kappa shape index (κ3) is 6.47. The first-order valence-corrected chi connectivity index (χ1v) is 9.84. The van der Waals surface area contributed by atoms with E-state index in [4.69, 9.17) is 9.47 Å². The summed E-state index contributed by atoms with van der Waals surface area (Å²) in [5.41, 5.74) is -0.0217. The van der Waals surface area contributed by atoms with E-state index in [1.54, 1.807) is 23.1 Å². The molecule has 2 amide bonds. The molecule has 0 aromatic heterocycles. The minimum atomic E-state index is -0.723. The second-order valence-electron chi connectivity index (χ2n) is 7.12. The highest BCUT2D eigenvalue weighted by atomic mass is 35.5. The summed E-state index contributed by atoms with van der Waals surface area (Å²) in [6.45, 7) is 1.85. The fourth-order valence-corrected chi connectivity index (χ4v) is 3.43. The summed E-state index contributed by atoms with van der Waals surface area (Å²) in [5.74, 6) is -0.138. The smallest absolute Gasteiger partial charge is 0.312 e. The molecule has 0 saturated carbocycles. The van der Waals surface area contributed by atoms with Crippen LogP contribution in [0.25, 0.3) is 0 Å². The summed E-state index contributed by atoms with van der Waals surface area (Å²) in [4.78, 5) is 38.9. The standard InChI is InChI=1S/C21H24N4O7.ClH.H2O/c1-31-17-7-6-14(12-18(17)32-2)21(28)24-10-8-23(9-11-24)13-19(26)22-15-4-3-5-16(20(15)27)25(29)30;;/h3-7,12,27H,8-11,13H2,1-2H3,(H,22,26);1H;1H2. The number of halogens is 1. The third-order valence-electron chi connectivity index (χ3n) is 5.14. The Morgan fingerprint density at radius 2 is 1.74 bits per heavy atom. The first-order valence-electron chi connectivity index (χ1n) is 9.84. The lowest BCUT2D eigenvalue weighted by molar-refractivity contribution is -0.385. The number of methoxy groups -OCH3 is 2. The molecule has 0 atom stereocenters. The average Bonchev–Trinajstić information content (AvgIpc) is 2.79. The quantitative estimate of drug-likeness (QED) is 0.327. The van der Waals surface area contributed by atoms with Crippen LogP contribution >= 0.6 is 12.4 Å². The zero-order valence-corrected chi connectivity index (χ0v) is 19.5. The van der Waals surface area contributed by atoms with E-state index in [0.29, 0.717) is 43.2 Å². The molecule has 0 bridgehead atoms. The molecule has 1 heterocycles. The van der Waals surface area contributed by atoms with Gasteiger partial charge in [-0.15, -0.1) is 12.4 Å². The monoisotopic (exact) mass is 498 g/mol. The second kappa shape index (κ2) is 12.6. The maximum atomic E-state index is 12.8. The van der Waals surface area contributed by atoms with Crippen LogP contribution in [0.1, 0.15) is 10.4 Å². The Hall–Kier alpha value is -3.61. The number of nitrogens with zero attached hydrogens (tertiary/aromatic N) is 3. The maximum Gasteiger partial charge on any atom is 0.312 e. The molecule has 0 unspecified atom stereocenters. The van der Waals surface area contributed by atoms with Gasteiger partial charge in [0.05, 0.1) is 31.4 Å². The molecule has 34 heavy (non-hydrogen) atoms. The van der Waals surface area contributed by atoms with E-state index in [1.165, 1.54) is 26.4 Å². The molecule has 2 aromatic rings. The van der Waals surface area contributed by atoms with Crippen molar-refractivity contribution in [3.8, 4) is 17.2 Å². The lowest BCUT2D eigenvalue weighted by Gasteiger charge is -2.34. The van der Waals surface area contributed by atoms with E-state index in [2.05, 4.69) is 5.32 Å². The molecule has 1 aliphatic heterocycles. The van der Waals surface area contributed by atoms with E-state index in [-0.39, 0.29) is 36.0 Å². The molecular weight excluding hydrogens is 472 g/mol. The van der Waals surface area contributed by atoms with Gasteiger partial charge in [0, 0.05) is 37.8 Å². The van der Waals surface area contributed by atoms with E-state index in [1.807, 2.05) is 4.90 Å². The van der Waals surface area contributed by atoms with Crippen LogP contribution in [-0.4, -0.2) is 84.1 Å². The summed E-state index contributed by atoms with van der Waals surface area (Å²) in [6, 6.07) is 8.91. The number of carbonyl (C=O) groups is 2. The van der Waals surface area contributed by atoms with Gasteiger partial charge in [0.25, 0.3) is 5.91 Å². The maximum absolute atomic E-state index is 12.8. The number of ether oxygens (including phenoxy) is 2. The Morgan fingerprint density at radius 3 is 2.32 bits per heavy atom. The minimum Gasteiger partial charge on any atom is -0.501 e. The van der Waals surface area contributed by atoms with Gasteiger partial charge in [-0.2, -0.15) is 0 Å². The highest BCUT2D eigenvalue weighted by Crippen LogP contribution is 2.33. The molecule has 12 nitrogen and oxygen atoms in total.